The molecule has 0 unspecified atom stereocenters. The molecule has 7 heteroatoms. The fraction of sp³-hybridized carbons (Fsp3) is 0.538. The van der Waals surface area contributed by atoms with Gasteiger partial charge in [0.1, 0.15) is 5.56 Å². The fourth-order valence-electron chi connectivity index (χ4n) is 1.85. The van der Waals surface area contributed by atoms with E-state index in [4.69, 9.17) is 11.6 Å². The second-order valence-electron chi connectivity index (χ2n) is 5.20. The van der Waals surface area contributed by atoms with Crippen LogP contribution in [-0.2, 0) is 0 Å². The summed E-state index contributed by atoms with van der Waals surface area (Å²) in [4.78, 5) is 28.2. The van der Waals surface area contributed by atoms with E-state index in [0.29, 0.717) is 6.54 Å². The van der Waals surface area contributed by atoms with E-state index >= 15 is 0 Å². The molecule has 0 aromatic carbocycles. The first-order valence-electron chi connectivity index (χ1n) is 6.35. The highest BCUT2D eigenvalue weighted by Gasteiger charge is 2.29. The minimum Gasteiger partial charge on any atom is -0.336 e. The number of hydrogen-bond donors (Lipinski definition) is 0. The van der Waals surface area contributed by atoms with Crippen LogP contribution in [0.15, 0.2) is 12.3 Å². The Hall–Kier alpha value is -1.69. The van der Waals surface area contributed by atoms with Crippen LogP contribution in [0.1, 0.15) is 38.1 Å². The Bertz CT molecular complexity index is 518. The van der Waals surface area contributed by atoms with Crippen LogP contribution in [0.3, 0.4) is 0 Å². The summed E-state index contributed by atoms with van der Waals surface area (Å²) in [6.07, 6.45) is 1.30. The van der Waals surface area contributed by atoms with E-state index in [1.807, 2.05) is 27.7 Å². The zero-order valence-corrected chi connectivity index (χ0v) is 12.7. The summed E-state index contributed by atoms with van der Waals surface area (Å²) in [5.74, 6) is -0.137. The Morgan fingerprint density at radius 2 is 2.05 bits per heavy atom. The molecule has 0 atom stereocenters. The third-order valence-electron chi connectivity index (χ3n) is 2.74. The Morgan fingerprint density at radius 1 is 1.45 bits per heavy atom. The van der Waals surface area contributed by atoms with E-state index in [1.165, 1.54) is 12.3 Å². The minimum atomic E-state index is -0.670. The number of pyridine rings is 1. The van der Waals surface area contributed by atoms with E-state index < -0.39 is 16.5 Å². The van der Waals surface area contributed by atoms with E-state index in [1.54, 1.807) is 4.90 Å². The first-order valence-corrected chi connectivity index (χ1v) is 6.73. The predicted molar refractivity (Wildman–Crippen MR) is 76.9 cm³/mol. The second kappa shape index (κ2) is 6.65. The van der Waals surface area contributed by atoms with Crippen LogP contribution < -0.4 is 0 Å². The zero-order valence-electron chi connectivity index (χ0n) is 12.0. The number of halogens is 1. The van der Waals surface area contributed by atoms with E-state index in [2.05, 4.69) is 4.98 Å². The SMILES string of the molecule is CC(C)CN(C(=O)c1ccnc(Cl)c1[N+](=O)[O-])C(C)C. The van der Waals surface area contributed by atoms with Crippen LogP contribution in [0.25, 0.3) is 0 Å². The van der Waals surface area contributed by atoms with Gasteiger partial charge in [-0.1, -0.05) is 25.4 Å². The Balaban J connectivity index is 3.25. The summed E-state index contributed by atoms with van der Waals surface area (Å²) in [7, 11) is 0. The lowest BCUT2D eigenvalue weighted by atomic mass is 10.1. The van der Waals surface area contributed by atoms with Gasteiger partial charge in [0.15, 0.2) is 0 Å². The smallest absolute Gasteiger partial charge is 0.319 e. The molecule has 1 heterocycles. The van der Waals surface area contributed by atoms with Crippen molar-refractivity contribution in [2.75, 3.05) is 6.54 Å². The van der Waals surface area contributed by atoms with Crippen molar-refractivity contribution in [3.63, 3.8) is 0 Å². The molecular formula is C13H18ClN3O3. The molecule has 0 radical (unpaired) electrons. The van der Waals surface area contributed by atoms with E-state index in [0.717, 1.165) is 0 Å². The summed E-state index contributed by atoms with van der Waals surface area (Å²) in [6.45, 7) is 8.23. The molecule has 0 saturated carbocycles. The molecular weight excluding hydrogens is 282 g/mol. The van der Waals surface area contributed by atoms with Crippen molar-refractivity contribution in [2.45, 2.75) is 33.7 Å². The summed E-state index contributed by atoms with van der Waals surface area (Å²) >= 11 is 5.73. The van der Waals surface area contributed by atoms with Gasteiger partial charge >= 0.3 is 5.69 Å². The van der Waals surface area contributed by atoms with Crippen molar-refractivity contribution in [3.05, 3.63) is 33.1 Å². The maximum absolute atomic E-state index is 12.5. The topological polar surface area (TPSA) is 76.3 Å². The normalized spacial score (nSPS) is 10.9. The van der Waals surface area contributed by atoms with Crippen molar-refractivity contribution in [1.29, 1.82) is 0 Å². The van der Waals surface area contributed by atoms with Crippen molar-refractivity contribution < 1.29 is 9.72 Å². The van der Waals surface area contributed by atoms with Gasteiger partial charge in [0.05, 0.1) is 4.92 Å². The van der Waals surface area contributed by atoms with Crippen molar-refractivity contribution in [1.82, 2.24) is 9.88 Å². The van der Waals surface area contributed by atoms with Gasteiger partial charge in [-0.05, 0) is 25.8 Å². The molecule has 6 nitrogen and oxygen atoms in total. The van der Waals surface area contributed by atoms with E-state index in [9.17, 15) is 14.9 Å². The third-order valence-corrected chi connectivity index (χ3v) is 3.02. The molecule has 1 amide bonds. The number of carbonyl (C=O) groups excluding carboxylic acids is 1. The number of rotatable bonds is 5. The van der Waals surface area contributed by atoms with Crippen LogP contribution in [0.4, 0.5) is 5.69 Å². The van der Waals surface area contributed by atoms with Gasteiger partial charge in [-0.2, -0.15) is 0 Å². The highest BCUT2D eigenvalue weighted by molar-refractivity contribution is 6.32. The van der Waals surface area contributed by atoms with Crippen molar-refractivity contribution in [2.24, 2.45) is 5.92 Å². The summed E-state index contributed by atoms with van der Waals surface area (Å²) in [5, 5.41) is 10.8. The summed E-state index contributed by atoms with van der Waals surface area (Å²) in [6, 6.07) is 1.28. The predicted octanol–water partition coefficient (Wildman–Crippen LogP) is 3.15. The van der Waals surface area contributed by atoms with Crippen molar-refractivity contribution in [3.8, 4) is 0 Å². The molecule has 1 rings (SSSR count). The number of hydrogen-bond acceptors (Lipinski definition) is 4. The molecule has 0 aliphatic rings. The number of amides is 1. The maximum atomic E-state index is 12.5. The lowest BCUT2D eigenvalue weighted by Crippen LogP contribution is -2.39. The Morgan fingerprint density at radius 3 is 2.50 bits per heavy atom. The number of aromatic nitrogens is 1. The molecule has 0 spiro atoms. The highest BCUT2D eigenvalue weighted by Crippen LogP contribution is 2.27. The number of nitrogens with zero attached hydrogens (tertiary/aromatic N) is 3. The molecule has 1 aromatic heterocycles. The van der Waals surface area contributed by atoms with Gasteiger partial charge in [0.2, 0.25) is 5.15 Å². The Kier molecular flexibility index (Phi) is 5.44. The van der Waals surface area contributed by atoms with Gasteiger partial charge in [0.25, 0.3) is 5.91 Å². The zero-order chi connectivity index (χ0) is 15.4. The molecule has 0 fully saturated rings. The first-order chi connectivity index (χ1) is 9.25. The van der Waals surface area contributed by atoms with Gasteiger partial charge in [-0.15, -0.1) is 0 Å². The van der Waals surface area contributed by atoms with Gasteiger partial charge in [-0.3, -0.25) is 14.9 Å². The van der Waals surface area contributed by atoms with Crippen LogP contribution in [0.2, 0.25) is 5.15 Å². The molecule has 0 saturated heterocycles. The lowest BCUT2D eigenvalue weighted by Gasteiger charge is -2.28. The average molecular weight is 300 g/mol. The quantitative estimate of drug-likeness (QED) is 0.475. The van der Waals surface area contributed by atoms with E-state index in [-0.39, 0.29) is 22.7 Å². The number of nitro groups is 1. The van der Waals surface area contributed by atoms with Gasteiger partial charge < -0.3 is 4.90 Å². The maximum Gasteiger partial charge on any atom is 0.319 e. The molecule has 0 aliphatic carbocycles. The fourth-order valence-corrected chi connectivity index (χ4v) is 2.08. The third kappa shape index (κ3) is 3.66. The number of carbonyl (C=O) groups is 1. The van der Waals surface area contributed by atoms with Crippen LogP contribution in [0.5, 0.6) is 0 Å². The summed E-state index contributed by atoms with van der Waals surface area (Å²) < 4.78 is 0. The molecule has 1 aromatic rings. The standard InChI is InChI=1S/C13H18ClN3O3/c1-8(2)7-16(9(3)4)13(18)10-5-6-15-12(14)11(10)17(19)20/h5-6,8-9H,7H2,1-4H3. The molecule has 0 bridgehead atoms. The molecule has 0 N–H and O–H groups in total. The first kappa shape index (κ1) is 16.4. The summed E-state index contributed by atoms with van der Waals surface area (Å²) in [5.41, 5.74) is -0.460. The van der Waals surface area contributed by atoms with Crippen LogP contribution >= 0.6 is 11.6 Å². The Labute approximate surface area is 122 Å². The average Bonchev–Trinajstić information content (AvgIpc) is 2.33. The van der Waals surface area contributed by atoms with Gasteiger partial charge in [-0.25, -0.2) is 4.98 Å². The molecule has 110 valence electrons. The van der Waals surface area contributed by atoms with Crippen LogP contribution in [0, 0.1) is 16.0 Å². The molecule has 0 aliphatic heterocycles. The second-order valence-corrected chi connectivity index (χ2v) is 5.56. The minimum absolute atomic E-state index is 0.0237. The largest absolute Gasteiger partial charge is 0.336 e. The van der Waals surface area contributed by atoms with Crippen LogP contribution in [-0.4, -0.2) is 33.3 Å². The monoisotopic (exact) mass is 299 g/mol. The highest BCUT2D eigenvalue weighted by atomic mass is 35.5. The molecule has 20 heavy (non-hydrogen) atoms. The lowest BCUT2D eigenvalue weighted by molar-refractivity contribution is -0.385. The van der Waals surface area contributed by atoms with Gasteiger partial charge in [0, 0.05) is 18.8 Å². The van der Waals surface area contributed by atoms with Crippen molar-refractivity contribution >= 4 is 23.2 Å².